The first-order chi connectivity index (χ1) is 7.75. The van der Waals surface area contributed by atoms with E-state index in [0.29, 0.717) is 0 Å². The van der Waals surface area contributed by atoms with Crippen LogP contribution < -0.4 is 5.73 Å². The second kappa shape index (κ2) is 5.95. The highest BCUT2D eigenvalue weighted by Crippen LogP contribution is 2.30. The topological polar surface area (TPSA) is 26.0 Å². The molecule has 16 heavy (non-hydrogen) atoms. The average Bonchev–Trinajstić information content (AvgIpc) is 2.31. The fourth-order valence-corrected chi connectivity index (χ4v) is 3.52. The minimum atomic E-state index is 0.172. The van der Waals surface area contributed by atoms with E-state index in [-0.39, 0.29) is 6.04 Å². The van der Waals surface area contributed by atoms with Gasteiger partial charge in [0.1, 0.15) is 0 Å². The Morgan fingerprint density at radius 1 is 1.25 bits per heavy atom. The molecule has 0 spiro atoms. The Bertz CT molecular complexity index is 319. The van der Waals surface area contributed by atoms with Crippen LogP contribution in [0.25, 0.3) is 0 Å². The molecule has 0 amide bonds. The molecule has 0 aromatic heterocycles. The van der Waals surface area contributed by atoms with Crippen molar-refractivity contribution >= 4 is 23.4 Å². The summed E-state index contributed by atoms with van der Waals surface area (Å²) in [7, 11) is 0. The van der Waals surface area contributed by atoms with Gasteiger partial charge in [-0.05, 0) is 54.4 Å². The molecule has 2 rings (SSSR count). The zero-order valence-electron chi connectivity index (χ0n) is 9.36. The number of benzene rings is 1. The molecule has 1 aromatic rings. The third-order valence-corrected chi connectivity index (χ3v) is 4.53. The van der Waals surface area contributed by atoms with E-state index in [4.69, 9.17) is 17.3 Å². The summed E-state index contributed by atoms with van der Waals surface area (Å²) in [6, 6.07) is 8.11. The maximum atomic E-state index is 6.23. The largest absolute Gasteiger partial charge is 0.324 e. The lowest BCUT2D eigenvalue weighted by molar-refractivity contribution is 0.413. The third-order valence-electron chi connectivity index (χ3n) is 3.23. The zero-order chi connectivity index (χ0) is 11.4. The second-order valence-electron chi connectivity index (χ2n) is 4.45. The van der Waals surface area contributed by atoms with E-state index in [1.165, 1.54) is 29.9 Å². The van der Waals surface area contributed by atoms with Crippen molar-refractivity contribution in [1.29, 1.82) is 0 Å². The summed E-state index contributed by atoms with van der Waals surface area (Å²) >= 11 is 7.93. The van der Waals surface area contributed by atoms with Gasteiger partial charge in [0.15, 0.2) is 0 Å². The lowest BCUT2D eigenvalue weighted by Gasteiger charge is -2.24. The van der Waals surface area contributed by atoms with Crippen molar-refractivity contribution in [2.24, 2.45) is 11.7 Å². The van der Waals surface area contributed by atoms with E-state index in [2.05, 4.69) is 11.8 Å². The number of nitrogens with two attached hydrogens (primary N) is 1. The van der Waals surface area contributed by atoms with Crippen molar-refractivity contribution in [3.8, 4) is 0 Å². The fraction of sp³-hybridized carbons (Fsp3) is 0.538. The van der Waals surface area contributed by atoms with Gasteiger partial charge < -0.3 is 5.73 Å². The van der Waals surface area contributed by atoms with E-state index in [0.717, 1.165) is 17.4 Å². The van der Waals surface area contributed by atoms with Crippen molar-refractivity contribution in [1.82, 2.24) is 0 Å². The molecule has 1 nitrogen and oxygen atoms in total. The summed E-state index contributed by atoms with van der Waals surface area (Å²) in [6.45, 7) is 0. The molecule has 1 aliphatic heterocycles. The van der Waals surface area contributed by atoms with Crippen molar-refractivity contribution in [3.63, 3.8) is 0 Å². The van der Waals surface area contributed by atoms with Crippen LogP contribution in [0.1, 0.15) is 30.9 Å². The number of hydrogen-bond acceptors (Lipinski definition) is 2. The molecule has 1 unspecified atom stereocenters. The Morgan fingerprint density at radius 3 is 2.50 bits per heavy atom. The van der Waals surface area contributed by atoms with Crippen molar-refractivity contribution in [2.75, 3.05) is 11.5 Å². The predicted octanol–water partition coefficient (Wildman–Crippen LogP) is 3.87. The summed E-state index contributed by atoms with van der Waals surface area (Å²) in [5.74, 6) is 3.42. The van der Waals surface area contributed by atoms with Crippen LogP contribution in [0.2, 0.25) is 5.02 Å². The summed E-state index contributed by atoms with van der Waals surface area (Å²) in [5, 5.41) is 0.782. The first-order valence-electron chi connectivity index (χ1n) is 5.84. The van der Waals surface area contributed by atoms with E-state index < -0.39 is 0 Å². The van der Waals surface area contributed by atoms with Crippen LogP contribution in [-0.2, 0) is 0 Å². The van der Waals surface area contributed by atoms with E-state index in [1.807, 2.05) is 24.3 Å². The maximum absolute atomic E-state index is 6.23. The van der Waals surface area contributed by atoms with Gasteiger partial charge in [-0.15, -0.1) is 0 Å². The van der Waals surface area contributed by atoms with Crippen molar-refractivity contribution < 1.29 is 0 Å². The van der Waals surface area contributed by atoms with Gasteiger partial charge >= 0.3 is 0 Å². The normalized spacial score (nSPS) is 19.6. The molecule has 88 valence electrons. The fourth-order valence-electron chi connectivity index (χ4n) is 2.19. The van der Waals surface area contributed by atoms with Gasteiger partial charge in [-0.3, -0.25) is 0 Å². The van der Waals surface area contributed by atoms with Crippen LogP contribution in [0.4, 0.5) is 0 Å². The van der Waals surface area contributed by atoms with Gasteiger partial charge in [0, 0.05) is 11.1 Å². The Morgan fingerprint density at radius 2 is 1.88 bits per heavy atom. The summed E-state index contributed by atoms with van der Waals surface area (Å²) < 4.78 is 0. The van der Waals surface area contributed by atoms with Crippen molar-refractivity contribution in [3.05, 3.63) is 34.9 Å². The van der Waals surface area contributed by atoms with Gasteiger partial charge in [-0.25, -0.2) is 0 Å². The molecule has 1 aromatic carbocycles. The molecule has 1 fully saturated rings. The molecule has 1 atom stereocenters. The standard InChI is InChI=1S/C13H18ClNS/c14-12-3-1-11(2-4-12)13(15)9-10-5-7-16-8-6-10/h1-4,10,13H,5-9,15H2. The van der Waals surface area contributed by atoms with E-state index in [1.54, 1.807) is 0 Å². The highest BCUT2D eigenvalue weighted by molar-refractivity contribution is 7.99. The van der Waals surface area contributed by atoms with Gasteiger partial charge in [-0.1, -0.05) is 23.7 Å². The molecule has 1 heterocycles. The zero-order valence-corrected chi connectivity index (χ0v) is 10.9. The molecule has 2 N–H and O–H groups in total. The minimum absolute atomic E-state index is 0.172. The lowest BCUT2D eigenvalue weighted by Crippen LogP contribution is -2.18. The molecular formula is C13H18ClNS. The highest BCUT2D eigenvalue weighted by atomic mass is 35.5. The minimum Gasteiger partial charge on any atom is -0.324 e. The van der Waals surface area contributed by atoms with E-state index in [9.17, 15) is 0 Å². The first kappa shape index (κ1) is 12.3. The average molecular weight is 256 g/mol. The molecule has 0 radical (unpaired) electrons. The SMILES string of the molecule is NC(CC1CCSCC1)c1ccc(Cl)cc1. The third kappa shape index (κ3) is 3.41. The number of halogens is 1. The molecule has 0 bridgehead atoms. The van der Waals surface area contributed by atoms with Crippen LogP contribution in [-0.4, -0.2) is 11.5 Å². The summed E-state index contributed by atoms with van der Waals surface area (Å²) in [6.07, 6.45) is 3.76. The molecule has 1 saturated heterocycles. The Hall–Kier alpha value is -0.180. The quantitative estimate of drug-likeness (QED) is 0.887. The first-order valence-corrected chi connectivity index (χ1v) is 7.38. The Kier molecular flexibility index (Phi) is 4.56. The predicted molar refractivity (Wildman–Crippen MR) is 73.0 cm³/mol. The summed E-state index contributed by atoms with van der Waals surface area (Å²) in [4.78, 5) is 0. The summed E-state index contributed by atoms with van der Waals surface area (Å²) in [5.41, 5.74) is 7.44. The van der Waals surface area contributed by atoms with Crippen LogP contribution in [0.15, 0.2) is 24.3 Å². The van der Waals surface area contributed by atoms with E-state index >= 15 is 0 Å². The van der Waals surface area contributed by atoms with Gasteiger partial charge in [0.25, 0.3) is 0 Å². The Balaban J connectivity index is 1.91. The molecule has 0 saturated carbocycles. The van der Waals surface area contributed by atoms with Crippen LogP contribution in [0, 0.1) is 5.92 Å². The number of hydrogen-bond donors (Lipinski definition) is 1. The maximum Gasteiger partial charge on any atom is 0.0406 e. The molecular weight excluding hydrogens is 238 g/mol. The van der Waals surface area contributed by atoms with Crippen LogP contribution in [0.5, 0.6) is 0 Å². The van der Waals surface area contributed by atoms with Crippen LogP contribution in [0.3, 0.4) is 0 Å². The highest BCUT2D eigenvalue weighted by Gasteiger charge is 2.17. The molecule has 1 aliphatic rings. The van der Waals surface area contributed by atoms with Crippen molar-refractivity contribution in [2.45, 2.75) is 25.3 Å². The lowest BCUT2D eigenvalue weighted by atomic mass is 9.91. The van der Waals surface area contributed by atoms with Gasteiger partial charge in [-0.2, -0.15) is 11.8 Å². The second-order valence-corrected chi connectivity index (χ2v) is 6.11. The Labute approximate surface area is 107 Å². The van der Waals surface area contributed by atoms with Gasteiger partial charge in [0.2, 0.25) is 0 Å². The molecule has 3 heteroatoms. The number of rotatable bonds is 3. The molecule has 0 aliphatic carbocycles. The van der Waals surface area contributed by atoms with Gasteiger partial charge in [0.05, 0.1) is 0 Å². The number of thioether (sulfide) groups is 1. The monoisotopic (exact) mass is 255 g/mol. The smallest absolute Gasteiger partial charge is 0.0406 e. The van der Waals surface area contributed by atoms with Crippen LogP contribution >= 0.6 is 23.4 Å².